The standard InChI is InChI=1S/C51H36N2S/c1-51(2)43-18-9-6-15-38(43)39-29-28-37(32-44(39)51)52(47-20-12-22-49-50(47)41-17-8-11-21-48(41)54-49)36-26-23-33(24-27-36)34-25-30-46-42(31-34)40-16-7-10-19-45(40)53(46)35-13-4-3-5-14-35/h3-32H,1-2H3. The maximum Gasteiger partial charge on any atom is 0.0554 e. The summed E-state index contributed by atoms with van der Waals surface area (Å²) in [4.78, 5) is 2.47. The molecule has 256 valence electrons. The Bertz CT molecular complexity index is 3070. The van der Waals surface area contributed by atoms with Gasteiger partial charge in [-0.2, -0.15) is 0 Å². The van der Waals surface area contributed by atoms with Crippen LogP contribution in [0.4, 0.5) is 17.1 Å². The maximum absolute atomic E-state index is 2.47. The molecule has 0 fully saturated rings. The first-order valence-corrected chi connectivity index (χ1v) is 19.5. The van der Waals surface area contributed by atoms with Crippen LogP contribution in [0.15, 0.2) is 182 Å². The Labute approximate surface area is 318 Å². The van der Waals surface area contributed by atoms with Gasteiger partial charge in [-0.25, -0.2) is 0 Å². The molecule has 0 saturated heterocycles. The van der Waals surface area contributed by atoms with Crippen LogP contribution in [0.3, 0.4) is 0 Å². The van der Waals surface area contributed by atoms with Crippen LogP contribution in [0, 0.1) is 0 Å². The quantitative estimate of drug-likeness (QED) is 0.173. The lowest BCUT2D eigenvalue weighted by Crippen LogP contribution is -2.16. The number of thiophene rings is 1. The van der Waals surface area contributed by atoms with Crippen molar-refractivity contribution in [2.45, 2.75) is 19.3 Å². The molecule has 0 amide bonds. The Hall–Kier alpha value is -6.42. The third-order valence-corrected chi connectivity index (χ3v) is 12.7. The highest BCUT2D eigenvalue weighted by atomic mass is 32.1. The van der Waals surface area contributed by atoms with Gasteiger partial charge in [0.1, 0.15) is 0 Å². The van der Waals surface area contributed by atoms with Gasteiger partial charge in [0, 0.05) is 53.4 Å². The van der Waals surface area contributed by atoms with Gasteiger partial charge in [0.25, 0.3) is 0 Å². The van der Waals surface area contributed by atoms with Crippen LogP contribution in [0.25, 0.3) is 69.9 Å². The van der Waals surface area contributed by atoms with Crippen molar-refractivity contribution in [3.8, 4) is 27.9 Å². The summed E-state index contributed by atoms with van der Waals surface area (Å²) in [5.74, 6) is 0. The number of rotatable bonds is 5. The van der Waals surface area contributed by atoms with Gasteiger partial charge in [-0.3, -0.25) is 0 Å². The number of nitrogens with zero attached hydrogens (tertiary/aromatic N) is 2. The molecule has 0 radical (unpaired) electrons. The van der Waals surface area contributed by atoms with Crippen LogP contribution in [0.5, 0.6) is 0 Å². The Morgan fingerprint density at radius 1 is 0.463 bits per heavy atom. The zero-order valence-corrected chi connectivity index (χ0v) is 30.9. The molecule has 3 heteroatoms. The predicted octanol–water partition coefficient (Wildman–Crippen LogP) is 14.6. The fourth-order valence-corrected chi connectivity index (χ4v) is 10.1. The molecular formula is C51H36N2S. The summed E-state index contributed by atoms with van der Waals surface area (Å²) >= 11 is 1.87. The maximum atomic E-state index is 2.47. The molecule has 2 nitrogen and oxygen atoms in total. The lowest BCUT2D eigenvalue weighted by Gasteiger charge is -2.29. The molecule has 2 heterocycles. The molecule has 0 spiro atoms. The summed E-state index contributed by atoms with van der Waals surface area (Å²) in [6.07, 6.45) is 0. The molecule has 54 heavy (non-hydrogen) atoms. The van der Waals surface area contributed by atoms with E-state index in [2.05, 4.69) is 205 Å². The molecule has 11 rings (SSSR count). The summed E-state index contributed by atoms with van der Waals surface area (Å²) < 4.78 is 4.98. The van der Waals surface area contributed by atoms with Gasteiger partial charge in [0.15, 0.2) is 0 Å². The fourth-order valence-electron chi connectivity index (χ4n) is 9.01. The molecule has 1 aliphatic rings. The van der Waals surface area contributed by atoms with E-state index >= 15 is 0 Å². The normalized spacial score (nSPS) is 13.1. The number of benzene rings is 8. The molecule has 0 unspecified atom stereocenters. The Morgan fingerprint density at radius 3 is 2.00 bits per heavy atom. The molecule has 1 aliphatic carbocycles. The topological polar surface area (TPSA) is 8.17 Å². The zero-order valence-electron chi connectivity index (χ0n) is 30.1. The molecule has 0 N–H and O–H groups in total. The van der Waals surface area contributed by atoms with Crippen molar-refractivity contribution in [2.24, 2.45) is 0 Å². The van der Waals surface area contributed by atoms with E-state index in [1.165, 1.54) is 92.4 Å². The van der Waals surface area contributed by atoms with E-state index in [4.69, 9.17) is 0 Å². The smallest absolute Gasteiger partial charge is 0.0554 e. The average Bonchev–Trinajstić information content (AvgIpc) is 3.84. The minimum atomic E-state index is -0.0964. The van der Waals surface area contributed by atoms with Gasteiger partial charge in [-0.05, 0) is 106 Å². The Balaban J connectivity index is 1.07. The molecule has 0 atom stereocenters. The minimum absolute atomic E-state index is 0.0964. The monoisotopic (exact) mass is 708 g/mol. The van der Waals surface area contributed by atoms with Crippen molar-refractivity contribution in [3.63, 3.8) is 0 Å². The SMILES string of the molecule is CC1(C)c2ccccc2-c2ccc(N(c3ccc(-c4ccc5c(c4)c4ccccc4n5-c4ccccc4)cc3)c3cccc4sc5ccccc5c34)cc21. The summed E-state index contributed by atoms with van der Waals surface area (Å²) in [5, 5.41) is 5.12. The molecular weight excluding hydrogens is 673 g/mol. The van der Waals surface area contributed by atoms with Crippen LogP contribution in [-0.4, -0.2) is 4.57 Å². The third kappa shape index (κ3) is 4.58. The molecule has 10 aromatic rings. The van der Waals surface area contributed by atoms with E-state index in [9.17, 15) is 0 Å². The first-order valence-electron chi connectivity index (χ1n) is 18.7. The van der Waals surface area contributed by atoms with Crippen LogP contribution >= 0.6 is 11.3 Å². The highest BCUT2D eigenvalue weighted by Crippen LogP contribution is 2.52. The zero-order chi connectivity index (χ0) is 36.0. The van der Waals surface area contributed by atoms with Crippen LogP contribution < -0.4 is 4.90 Å². The summed E-state index contributed by atoms with van der Waals surface area (Å²) in [6, 6.07) is 67.1. The van der Waals surface area contributed by atoms with E-state index in [1.54, 1.807) is 0 Å². The van der Waals surface area contributed by atoms with E-state index in [0.29, 0.717) is 0 Å². The van der Waals surface area contributed by atoms with Crippen molar-refractivity contribution >= 4 is 70.4 Å². The van der Waals surface area contributed by atoms with Gasteiger partial charge in [0.05, 0.1) is 16.7 Å². The molecule has 0 saturated carbocycles. The lowest BCUT2D eigenvalue weighted by atomic mass is 9.82. The van der Waals surface area contributed by atoms with Gasteiger partial charge in [0.2, 0.25) is 0 Å². The van der Waals surface area contributed by atoms with E-state index in [1.807, 2.05) is 11.3 Å². The Morgan fingerprint density at radius 2 is 1.13 bits per heavy atom. The van der Waals surface area contributed by atoms with Gasteiger partial charge >= 0.3 is 0 Å². The summed E-state index contributed by atoms with van der Waals surface area (Å²) in [5.41, 5.74) is 14.8. The summed E-state index contributed by atoms with van der Waals surface area (Å²) in [6.45, 7) is 4.73. The van der Waals surface area contributed by atoms with Crippen molar-refractivity contribution in [1.82, 2.24) is 4.57 Å². The lowest BCUT2D eigenvalue weighted by molar-refractivity contribution is 0.660. The van der Waals surface area contributed by atoms with Crippen LogP contribution in [0.1, 0.15) is 25.0 Å². The first-order chi connectivity index (χ1) is 26.5. The number of hydrogen-bond acceptors (Lipinski definition) is 2. The van der Waals surface area contributed by atoms with Gasteiger partial charge in [-0.1, -0.05) is 123 Å². The highest BCUT2D eigenvalue weighted by Gasteiger charge is 2.36. The van der Waals surface area contributed by atoms with E-state index in [-0.39, 0.29) is 5.41 Å². The molecule has 2 aromatic heterocycles. The second-order valence-electron chi connectivity index (χ2n) is 15.0. The van der Waals surface area contributed by atoms with Gasteiger partial charge in [-0.15, -0.1) is 11.3 Å². The van der Waals surface area contributed by atoms with Crippen molar-refractivity contribution in [1.29, 1.82) is 0 Å². The van der Waals surface area contributed by atoms with Crippen molar-refractivity contribution in [2.75, 3.05) is 4.90 Å². The average molecular weight is 709 g/mol. The second-order valence-corrected chi connectivity index (χ2v) is 16.0. The highest BCUT2D eigenvalue weighted by molar-refractivity contribution is 7.26. The van der Waals surface area contributed by atoms with Crippen LogP contribution in [-0.2, 0) is 5.41 Å². The van der Waals surface area contributed by atoms with E-state index in [0.717, 1.165) is 5.69 Å². The summed E-state index contributed by atoms with van der Waals surface area (Å²) in [7, 11) is 0. The molecule has 0 bridgehead atoms. The number of hydrogen-bond donors (Lipinski definition) is 0. The second kappa shape index (κ2) is 11.8. The first kappa shape index (κ1) is 31.1. The number of fused-ring (bicyclic) bond motifs is 9. The number of para-hydroxylation sites is 2. The largest absolute Gasteiger partial charge is 0.310 e. The fraction of sp³-hybridized carbons (Fsp3) is 0.0588. The number of aromatic nitrogens is 1. The van der Waals surface area contributed by atoms with Crippen molar-refractivity contribution < 1.29 is 0 Å². The van der Waals surface area contributed by atoms with Gasteiger partial charge < -0.3 is 9.47 Å². The van der Waals surface area contributed by atoms with Crippen LogP contribution in [0.2, 0.25) is 0 Å². The van der Waals surface area contributed by atoms with E-state index < -0.39 is 0 Å². The Kier molecular flexibility index (Phi) is 6.80. The molecule has 8 aromatic carbocycles. The predicted molar refractivity (Wildman–Crippen MR) is 231 cm³/mol. The number of anilines is 3. The third-order valence-electron chi connectivity index (χ3n) is 11.6. The van der Waals surface area contributed by atoms with Crippen molar-refractivity contribution in [3.05, 3.63) is 193 Å². The molecule has 0 aliphatic heterocycles. The minimum Gasteiger partial charge on any atom is -0.310 e.